The molecule has 0 heterocycles. The van der Waals surface area contributed by atoms with E-state index in [4.69, 9.17) is 9.47 Å². The monoisotopic (exact) mass is 402 g/mol. The van der Waals surface area contributed by atoms with E-state index in [0.717, 1.165) is 5.56 Å². The van der Waals surface area contributed by atoms with Gasteiger partial charge in [-0.1, -0.05) is 37.3 Å². The van der Waals surface area contributed by atoms with Gasteiger partial charge in [-0.3, -0.25) is 9.59 Å². The number of ether oxygens (including phenoxy) is 2. The van der Waals surface area contributed by atoms with Crippen LogP contribution in [0.4, 0.5) is 0 Å². The van der Waals surface area contributed by atoms with Crippen LogP contribution >= 0.6 is 0 Å². The highest BCUT2D eigenvalue weighted by atomic mass is 16.5. The minimum absolute atomic E-state index is 0.0455. The largest absolute Gasteiger partial charge is 0.497 e. The molecular weight excluding hydrogens is 376 g/mol. The van der Waals surface area contributed by atoms with Crippen LogP contribution in [-0.2, 0) is 0 Å². The topological polar surface area (TPSA) is 52.6 Å². The molecule has 0 spiro atoms. The van der Waals surface area contributed by atoms with Gasteiger partial charge in [0.15, 0.2) is 11.6 Å². The van der Waals surface area contributed by atoms with Gasteiger partial charge in [0.25, 0.3) is 0 Å². The molecule has 3 aromatic rings. The fraction of sp³-hybridized carbons (Fsp3) is 0.231. The van der Waals surface area contributed by atoms with E-state index in [1.807, 2.05) is 37.3 Å². The van der Waals surface area contributed by atoms with Crippen LogP contribution in [0.3, 0.4) is 0 Å². The Bertz CT molecular complexity index is 976. The maximum atomic E-state index is 13.6. The van der Waals surface area contributed by atoms with Crippen LogP contribution in [0, 0.1) is 5.92 Å². The summed E-state index contributed by atoms with van der Waals surface area (Å²) in [7, 11) is 3.18. The molecule has 0 saturated carbocycles. The zero-order valence-corrected chi connectivity index (χ0v) is 17.5. The Balaban J connectivity index is 2.00. The number of ketones is 2. The number of hydrogen-bond donors (Lipinski definition) is 0. The van der Waals surface area contributed by atoms with Crippen molar-refractivity contribution in [3.63, 3.8) is 0 Å². The number of Topliss-reactive ketones (excluding diaryl/α,β-unsaturated/α-hetero) is 2. The Hall–Kier alpha value is -3.40. The number of hydrogen-bond acceptors (Lipinski definition) is 4. The molecule has 2 atom stereocenters. The first kappa shape index (κ1) is 21.3. The quantitative estimate of drug-likeness (QED) is 0.439. The Morgan fingerprint density at radius 3 is 1.60 bits per heavy atom. The van der Waals surface area contributed by atoms with Gasteiger partial charge in [0.1, 0.15) is 11.5 Å². The van der Waals surface area contributed by atoms with Crippen molar-refractivity contribution in [2.75, 3.05) is 14.2 Å². The molecule has 154 valence electrons. The molecule has 3 rings (SSSR count). The summed E-state index contributed by atoms with van der Waals surface area (Å²) in [5.41, 5.74) is 1.98. The van der Waals surface area contributed by atoms with E-state index < -0.39 is 11.8 Å². The molecule has 0 aliphatic heterocycles. The molecule has 0 bridgehead atoms. The number of carbonyl (C=O) groups is 2. The summed E-state index contributed by atoms with van der Waals surface area (Å²) in [6.45, 7) is 1.95. The molecular formula is C26H26O4. The minimum Gasteiger partial charge on any atom is -0.497 e. The van der Waals surface area contributed by atoms with Crippen molar-refractivity contribution in [3.8, 4) is 11.5 Å². The highest BCUT2D eigenvalue weighted by molar-refractivity contribution is 6.07. The number of methoxy groups -OCH3 is 2. The first-order chi connectivity index (χ1) is 14.6. The van der Waals surface area contributed by atoms with E-state index in [2.05, 4.69) is 0 Å². The maximum absolute atomic E-state index is 13.6. The van der Waals surface area contributed by atoms with Crippen LogP contribution < -0.4 is 9.47 Å². The van der Waals surface area contributed by atoms with Gasteiger partial charge in [-0.2, -0.15) is 0 Å². The van der Waals surface area contributed by atoms with Crippen molar-refractivity contribution in [2.24, 2.45) is 5.92 Å². The minimum atomic E-state index is -0.570. The second-order valence-electron chi connectivity index (χ2n) is 7.09. The molecule has 0 aliphatic rings. The first-order valence-electron chi connectivity index (χ1n) is 10.0. The third kappa shape index (κ3) is 4.60. The molecule has 0 saturated heterocycles. The van der Waals surface area contributed by atoms with Gasteiger partial charge in [-0.25, -0.2) is 0 Å². The molecule has 0 aromatic heterocycles. The van der Waals surface area contributed by atoms with Gasteiger partial charge in [0.05, 0.1) is 20.1 Å². The Labute approximate surface area is 177 Å². The molecule has 0 aliphatic carbocycles. The summed E-state index contributed by atoms with van der Waals surface area (Å²) in [5.74, 6) is 0.209. The fourth-order valence-electron chi connectivity index (χ4n) is 3.70. The Kier molecular flexibility index (Phi) is 7.02. The van der Waals surface area contributed by atoms with Crippen molar-refractivity contribution < 1.29 is 19.1 Å². The Morgan fingerprint density at radius 2 is 1.17 bits per heavy atom. The lowest BCUT2D eigenvalue weighted by Crippen LogP contribution is -2.28. The summed E-state index contributed by atoms with van der Waals surface area (Å²) >= 11 is 0. The highest BCUT2D eigenvalue weighted by Crippen LogP contribution is 2.34. The summed E-state index contributed by atoms with van der Waals surface area (Å²) < 4.78 is 10.4. The van der Waals surface area contributed by atoms with E-state index in [1.165, 1.54) is 0 Å². The first-order valence-corrected chi connectivity index (χ1v) is 10.0. The highest BCUT2D eigenvalue weighted by Gasteiger charge is 2.34. The van der Waals surface area contributed by atoms with E-state index in [1.54, 1.807) is 62.8 Å². The second kappa shape index (κ2) is 9.88. The predicted octanol–water partition coefficient (Wildman–Crippen LogP) is 5.58. The second-order valence-corrected chi connectivity index (χ2v) is 7.09. The summed E-state index contributed by atoms with van der Waals surface area (Å²) in [5, 5.41) is 0. The van der Waals surface area contributed by atoms with Crippen molar-refractivity contribution in [3.05, 3.63) is 95.6 Å². The average Bonchev–Trinajstić information content (AvgIpc) is 2.82. The molecule has 3 aromatic carbocycles. The molecule has 0 fully saturated rings. The predicted molar refractivity (Wildman–Crippen MR) is 118 cm³/mol. The SMILES string of the molecule is CCC(C(=O)c1ccc(OC)cc1)C(C(=O)c1ccc(OC)cc1)c1ccccc1. The van der Waals surface area contributed by atoms with Crippen LogP contribution in [-0.4, -0.2) is 25.8 Å². The van der Waals surface area contributed by atoms with E-state index in [-0.39, 0.29) is 11.6 Å². The maximum Gasteiger partial charge on any atom is 0.171 e. The van der Waals surface area contributed by atoms with Gasteiger partial charge >= 0.3 is 0 Å². The molecule has 0 radical (unpaired) electrons. The molecule has 0 amide bonds. The van der Waals surface area contributed by atoms with Crippen LogP contribution in [0.2, 0.25) is 0 Å². The van der Waals surface area contributed by atoms with Gasteiger partial charge in [0.2, 0.25) is 0 Å². The molecule has 2 unspecified atom stereocenters. The van der Waals surface area contributed by atoms with Crippen LogP contribution in [0.25, 0.3) is 0 Å². The molecule has 4 heteroatoms. The third-order valence-electron chi connectivity index (χ3n) is 5.37. The number of benzene rings is 3. The van der Waals surface area contributed by atoms with Crippen molar-refractivity contribution in [1.82, 2.24) is 0 Å². The Morgan fingerprint density at radius 1 is 0.700 bits per heavy atom. The smallest absolute Gasteiger partial charge is 0.171 e. The summed E-state index contributed by atoms with van der Waals surface area (Å²) in [6.07, 6.45) is 0.548. The van der Waals surface area contributed by atoms with Crippen molar-refractivity contribution in [1.29, 1.82) is 0 Å². The zero-order chi connectivity index (χ0) is 21.5. The number of rotatable bonds is 9. The van der Waals surface area contributed by atoms with Gasteiger partial charge in [-0.15, -0.1) is 0 Å². The molecule has 4 nitrogen and oxygen atoms in total. The van der Waals surface area contributed by atoms with E-state index in [9.17, 15) is 9.59 Å². The van der Waals surface area contributed by atoms with Gasteiger partial charge < -0.3 is 9.47 Å². The lowest BCUT2D eigenvalue weighted by atomic mass is 9.76. The zero-order valence-electron chi connectivity index (χ0n) is 17.5. The summed E-state index contributed by atoms with van der Waals surface area (Å²) in [4.78, 5) is 27.0. The average molecular weight is 402 g/mol. The molecule has 0 N–H and O–H groups in total. The lowest BCUT2D eigenvalue weighted by Gasteiger charge is -2.25. The fourth-order valence-corrected chi connectivity index (χ4v) is 3.70. The van der Waals surface area contributed by atoms with E-state index >= 15 is 0 Å². The van der Waals surface area contributed by atoms with Crippen LogP contribution in [0.5, 0.6) is 11.5 Å². The van der Waals surface area contributed by atoms with Crippen molar-refractivity contribution >= 4 is 11.6 Å². The van der Waals surface area contributed by atoms with Gasteiger partial charge in [0, 0.05) is 17.0 Å². The van der Waals surface area contributed by atoms with Crippen molar-refractivity contribution in [2.45, 2.75) is 19.3 Å². The lowest BCUT2D eigenvalue weighted by molar-refractivity contribution is 0.0816. The third-order valence-corrected chi connectivity index (χ3v) is 5.37. The van der Waals surface area contributed by atoms with Crippen LogP contribution in [0.15, 0.2) is 78.9 Å². The normalized spacial score (nSPS) is 12.6. The van der Waals surface area contributed by atoms with E-state index in [0.29, 0.717) is 29.0 Å². The van der Waals surface area contributed by atoms with Gasteiger partial charge in [-0.05, 0) is 60.5 Å². The number of carbonyl (C=O) groups excluding carboxylic acids is 2. The standard InChI is InChI=1S/C26H26O4/c1-4-23(25(27)19-10-14-21(29-2)15-11-19)24(18-8-6-5-7-9-18)26(28)20-12-16-22(30-3)17-13-20/h5-17,23-24H,4H2,1-3H3. The van der Waals surface area contributed by atoms with Crippen LogP contribution in [0.1, 0.15) is 45.5 Å². The molecule has 30 heavy (non-hydrogen) atoms. The summed E-state index contributed by atoms with van der Waals surface area (Å²) in [6, 6.07) is 23.6.